The number of aliphatic hydroxyl groups is 1. The minimum absolute atomic E-state index is 0.0639. The average Bonchev–Trinajstić information content (AvgIpc) is 2.89. The molecule has 0 saturated carbocycles. The molecular formula is C24H27N7O4. The quantitative estimate of drug-likeness (QED) is 0.311. The predicted molar refractivity (Wildman–Crippen MR) is 131 cm³/mol. The van der Waals surface area contributed by atoms with Crippen molar-refractivity contribution in [1.29, 1.82) is 0 Å². The Kier molecular flexibility index (Phi) is 7.81. The van der Waals surface area contributed by atoms with Crippen molar-refractivity contribution in [2.24, 2.45) is 0 Å². The highest BCUT2D eigenvalue weighted by Crippen LogP contribution is 2.32. The van der Waals surface area contributed by atoms with Crippen LogP contribution < -0.4 is 15.8 Å². The van der Waals surface area contributed by atoms with Gasteiger partial charge in [0.25, 0.3) is 0 Å². The molecule has 1 amide bonds. The summed E-state index contributed by atoms with van der Waals surface area (Å²) in [6.45, 7) is 2.96. The first kappa shape index (κ1) is 24.0. The number of carbonyl (C=O) groups excluding carboxylic acids is 1. The van der Waals surface area contributed by atoms with Crippen molar-refractivity contribution >= 4 is 23.2 Å². The van der Waals surface area contributed by atoms with E-state index in [0.717, 1.165) is 11.1 Å². The number of aromatic nitrogens is 2. The van der Waals surface area contributed by atoms with Gasteiger partial charge in [-0.1, -0.05) is 60.7 Å². The van der Waals surface area contributed by atoms with Crippen LogP contribution in [0.5, 0.6) is 0 Å². The Hall–Kier alpha value is -4.09. The summed E-state index contributed by atoms with van der Waals surface area (Å²) in [5, 5.41) is 21.1. The second-order valence-electron chi connectivity index (χ2n) is 8.07. The van der Waals surface area contributed by atoms with Gasteiger partial charge in [-0.05, 0) is 11.1 Å². The molecule has 11 heteroatoms. The third-order valence-electron chi connectivity index (χ3n) is 5.91. The van der Waals surface area contributed by atoms with Gasteiger partial charge in [-0.2, -0.15) is 0 Å². The topological polar surface area (TPSA) is 137 Å². The van der Waals surface area contributed by atoms with Gasteiger partial charge in [-0.15, -0.1) is 0 Å². The molecule has 35 heavy (non-hydrogen) atoms. The molecule has 1 aromatic heterocycles. The maximum absolute atomic E-state index is 13.3. The Balaban J connectivity index is 1.54. The summed E-state index contributed by atoms with van der Waals surface area (Å²) >= 11 is 0. The van der Waals surface area contributed by atoms with E-state index in [1.807, 2.05) is 65.6 Å². The molecule has 3 aromatic rings. The van der Waals surface area contributed by atoms with Crippen molar-refractivity contribution in [3.05, 3.63) is 88.2 Å². The summed E-state index contributed by atoms with van der Waals surface area (Å²) in [5.74, 6) is -0.904. The minimum atomic E-state index is -0.620. The van der Waals surface area contributed by atoms with Crippen molar-refractivity contribution in [2.75, 3.05) is 49.7 Å². The molecule has 1 aliphatic heterocycles. The number of nitro groups is 1. The number of β-amino-alcohol motifs (C(OH)–C–C–N with tert-alkyl or cyclic N) is 1. The van der Waals surface area contributed by atoms with E-state index in [1.54, 1.807) is 0 Å². The first-order chi connectivity index (χ1) is 17.1. The van der Waals surface area contributed by atoms with Gasteiger partial charge in [0.2, 0.25) is 17.5 Å². The van der Waals surface area contributed by atoms with Crippen molar-refractivity contribution in [1.82, 2.24) is 20.3 Å². The molecule has 4 rings (SSSR count). The number of hydrogen-bond acceptors (Lipinski definition) is 9. The fourth-order valence-corrected chi connectivity index (χ4v) is 4.16. The molecule has 1 fully saturated rings. The lowest BCUT2D eigenvalue weighted by Crippen LogP contribution is -2.47. The van der Waals surface area contributed by atoms with E-state index < -0.39 is 10.8 Å². The highest BCUT2D eigenvalue weighted by Gasteiger charge is 2.30. The number of anilines is 2. The Bertz CT molecular complexity index is 1100. The normalized spacial score (nSPS) is 14.1. The molecule has 0 spiro atoms. The molecule has 2 aromatic carbocycles. The van der Waals surface area contributed by atoms with Crippen LogP contribution in [0, 0.1) is 10.1 Å². The number of rotatable bonds is 9. The zero-order chi connectivity index (χ0) is 24.6. The van der Waals surface area contributed by atoms with Crippen molar-refractivity contribution in [2.45, 2.75) is 5.92 Å². The van der Waals surface area contributed by atoms with E-state index in [-0.39, 0.29) is 29.8 Å². The largest absolute Gasteiger partial charge is 0.395 e. The van der Waals surface area contributed by atoms with Crippen molar-refractivity contribution in [3.63, 3.8) is 0 Å². The lowest BCUT2D eigenvalue weighted by Gasteiger charge is -2.34. The van der Waals surface area contributed by atoms with Gasteiger partial charge in [-0.25, -0.2) is 9.97 Å². The van der Waals surface area contributed by atoms with Crippen LogP contribution in [0.3, 0.4) is 0 Å². The van der Waals surface area contributed by atoms with Crippen LogP contribution in [0.15, 0.2) is 67.0 Å². The number of aliphatic hydroxyl groups excluding tert-OH is 1. The molecule has 0 unspecified atom stereocenters. The smallest absolute Gasteiger partial charge is 0.355 e. The summed E-state index contributed by atoms with van der Waals surface area (Å²) in [5.41, 5.74) is 6.54. The lowest BCUT2D eigenvalue weighted by atomic mass is 9.91. The molecule has 1 saturated heterocycles. The Labute approximate surface area is 202 Å². The van der Waals surface area contributed by atoms with Gasteiger partial charge in [0, 0.05) is 32.7 Å². The molecular weight excluding hydrogens is 450 g/mol. The van der Waals surface area contributed by atoms with Gasteiger partial charge >= 0.3 is 5.69 Å². The van der Waals surface area contributed by atoms with Crippen LogP contribution >= 0.6 is 0 Å². The Morgan fingerprint density at radius 1 is 1.00 bits per heavy atom. The minimum Gasteiger partial charge on any atom is -0.395 e. The first-order valence-electron chi connectivity index (χ1n) is 11.3. The Morgan fingerprint density at radius 3 is 2.14 bits per heavy atom. The van der Waals surface area contributed by atoms with E-state index in [4.69, 9.17) is 5.11 Å². The zero-order valence-electron chi connectivity index (χ0n) is 19.1. The molecule has 0 radical (unpaired) electrons. The standard InChI is InChI=1S/C24H27N7O4/c32-16-15-29-11-13-30(14-12-29)23-21(31(34)35)22(25-17-26-23)27-28-24(33)20(18-7-3-1-4-8-18)19-9-5-2-6-10-19/h1-10,17,20,32H,11-16H2,(H,28,33)(H,25,26,27). The van der Waals surface area contributed by atoms with Gasteiger partial charge < -0.3 is 10.0 Å². The first-order valence-corrected chi connectivity index (χ1v) is 11.3. The SMILES string of the molecule is O=C(NNc1ncnc(N2CCN(CCO)CC2)c1[N+](=O)[O-])C(c1ccccc1)c1ccccc1. The molecule has 0 aliphatic carbocycles. The Morgan fingerprint density at radius 2 is 1.60 bits per heavy atom. The number of carbonyl (C=O) groups is 1. The number of nitrogens with one attached hydrogen (secondary N) is 2. The van der Waals surface area contributed by atoms with Gasteiger partial charge in [-0.3, -0.25) is 30.7 Å². The van der Waals surface area contributed by atoms with Crippen LogP contribution in [-0.2, 0) is 4.79 Å². The third-order valence-corrected chi connectivity index (χ3v) is 5.91. The van der Waals surface area contributed by atoms with Gasteiger partial charge in [0.05, 0.1) is 17.4 Å². The molecule has 182 valence electrons. The maximum atomic E-state index is 13.3. The zero-order valence-corrected chi connectivity index (χ0v) is 19.1. The van der Waals surface area contributed by atoms with Crippen LogP contribution in [0.1, 0.15) is 17.0 Å². The molecule has 1 aliphatic rings. The summed E-state index contributed by atoms with van der Waals surface area (Å²) in [6, 6.07) is 18.6. The van der Waals surface area contributed by atoms with Gasteiger partial charge in [0.1, 0.15) is 6.33 Å². The number of piperazine rings is 1. The predicted octanol–water partition coefficient (Wildman–Crippen LogP) is 1.77. The second-order valence-corrected chi connectivity index (χ2v) is 8.07. The summed E-state index contributed by atoms with van der Waals surface area (Å²) < 4.78 is 0. The number of hydrazine groups is 1. The number of amides is 1. The fraction of sp³-hybridized carbons (Fsp3) is 0.292. The van der Waals surface area contributed by atoms with E-state index in [0.29, 0.717) is 32.7 Å². The van der Waals surface area contributed by atoms with E-state index >= 15 is 0 Å². The second kappa shape index (κ2) is 11.4. The van der Waals surface area contributed by atoms with Crippen LogP contribution in [-0.4, -0.2) is 70.1 Å². The summed E-state index contributed by atoms with van der Waals surface area (Å²) in [7, 11) is 0. The average molecular weight is 478 g/mol. The molecule has 3 N–H and O–H groups in total. The van der Waals surface area contributed by atoms with E-state index in [1.165, 1.54) is 6.33 Å². The third kappa shape index (κ3) is 5.70. The van der Waals surface area contributed by atoms with Crippen LogP contribution in [0.25, 0.3) is 0 Å². The monoisotopic (exact) mass is 477 g/mol. The molecule has 0 atom stereocenters. The van der Waals surface area contributed by atoms with E-state index in [9.17, 15) is 14.9 Å². The number of benzene rings is 2. The lowest BCUT2D eigenvalue weighted by molar-refractivity contribution is -0.383. The van der Waals surface area contributed by atoms with Crippen molar-refractivity contribution < 1.29 is 14.8 Å². The van der Waals surface area contributed by atoms with Gasteiger partial charge in [0.15, 0.2) is 0 Å². The number of nitrogens with zero attached hydrogens (tertiary/aromatic N) is 5. The highest BCUT2D eigenvalue weighted by molar-refractivity contribution is 5.88. The van der Waals surface area contributed by atoms with Crippen LogP contribution in [0.4, 0.5) is 17.3 Å². The highest BCUT2D eigenvalue weighted by atomic mass is 16.6. The molecule has 11 nitrogen and oxygen atoms in total. The summed E-state index contributed by atoms with van der Waals surface area (Å²) in [4.78, 5) is 36.8. The van der Waals surface area contributed by atoms with E-state index in [2.05, 4.69) is 25.7 Å². The number of hydrogen-bond donors (Lipinski definition) is 3. The molecule has 2 heterocycles. The maximum Gasteiger partial charge on any atom is 0.355 e. The summed E-state index contributed by atoms with van der Waals surface area (Å²) in [6.07, 6.45) is 1.24. The fourth-order valence-electron chi connectivity index (χ4n) is 4.16. The molecule has 0 bridgehead atoms. The van der Waals surface area contributed by atoms with Crippen LogP contribution in [0.2, 0.25) is 0 Å². The van der Waals surface area contributed by atoms with Crippen molar-refractivity contribution in [3.8, 4) is 0 Å².